The second-order valence-corrected chi connectivity index (χ2v) is 8.93. The summed E-state index contributed by atoms with van der Waals surface area (Å²) < 4.78 is 67.2. The van der Waals surface area contributed by atoms with Crippen LogP contribution in [0.25, 0.3) is 0 Å². The molecule has 0 aromatic heterocycles. The van der Waals surface area contributed by atoms with Gasteiger partial charge >= 0.3 is 0 Å². The monoisotopic (exact) mass is 387 g/mol. The summed E-state index contributed by atoms with van der Waals surface area (Å²) in [4.78, 5) is -0.403. The fourth-order valence-corrected chi connectivity index (χ4v) is 5.67. The Hall–Kier alpha value is -1.51. The van der Waals surface area contributed by atoms with Crippen LogP contribution in [0.1, 0.15) is 17.2 Å². The molecule has 134 valence electrons. The first-order valence-electron chi connectivity index (χ1n) is 7.70. The smallest absolute Gasteiger partial charge is 0.207 e. The lowest BCUT2D eigenvalue weighted by Crippen LogP contribution is -2.33. The number of rotatable bonds is 3. The molecule has 3 nitrogen and oxygen atoms in total. The largest absolute Gasteiger partial charge is 0.243 e. The summed E-state index contributed by atoms with van der Waals surface area (Å²) in [7, 11) is -4.00. The molecule has 0 bridgehead atoms. The predicted octanol–water partition coefficient (Wildman–Crippen LogP) is 3.97. The van der Waals surface area contributed by atoms with E-state index in [9.17, 15) is 21.6 Å². The lowest BCUT2D eigenvalue weighted by Gasteiger charge is -2.20. The maximum absolute atomic E-state index is 14.0. The van der Waals surface area contributed by atoms with Gasteiger partial charge < -0.3 is 0 Å². The van der Waals surface area contributed by atoms with E-state index in [0.29, 0.717) is 23.8 Å². The molecule has 0 radical (unpaired) electrons. The number of nitrogens with zero attached hydrogens (tertiary/aromatic N) is 1. The van der Waals surface area contributed by atoms with Crippen molar-refractivity contribution < 1.29 is 21.6 Å². The molecular weight excluding hydrogens is 371 g/mol. The highest BCUT2D eigenvalue weighted by molar-refractivity contribution is 7.99. The zero-order valence-electron chi connectivity index (χ0n) is 13.2. The van der Waals surface area contributed by atoms with Crippen LogP contribution in [0.2, 0.25) is 0 Å². The molecule has 1 aliphatic rings. The molecule has 1 saturated heterocycles. The van der Waals surface area contributed by atoms with Crippen molar-refractivity contribution in [2.75, 3.05) is 18.8 Å². The van der Waals surface area contributed by atoms with Gasteiger partial charge in [0, 0.05) is 35.7 Å². The Balaban J connectivity index is 1.82. The normalized spacial score (nSPS) is 19.6. The van der Waals surface area contributed by atoms with E-state index in [-0.39, 0.29) is 24.2 Å². The van der Waals surface area contributed by atoms with Gasteiger partial charge in [-0.25, -0.2) is 21.6 Å². The van der Waals surface area contributed by atoms with Gasteiger partial charge in [0.15, 0.2) is 0 Å². The number of benzene rings is 2. The molecule has 1 heterocycles. The summed E-state index contributed by atoms with van der Waals surface area (Å²) in [6.07, 6.45) is 0.419. The number of halogens is 3. The summed E-state index contributed by atoms with van der Waals surface area (Å²) in [5.74, 6) is -1.72. The Bertz CT molecular complexity index is 854. The van der Waals surface area contributed by atoms with Gasteiger partial charge in [0.05, 0.1) is 4.90 Å². The quantitative estimate of drug-likeness (QED) is 0.800. The molecule has 2 aromatic carbocycles. The van der Waals surface area contributed by atoms with E-state index in [1.54, 1.807) is 18.2 Å². The molecule has 0 aliphatic carbocycles. The maximum Gasteiger partial charge on any atom is 0.243 e. The highest BCUT2D eigenvalue weighted by atomic mass is 32.2. The van der Waals surface area contributed by atoms with Crippen LogP contribution in [-0.2, 0) is 10.0 Å². The number of hydrogen-bond donors (Lipinski definition) is 0. The van der Waals surface area contributed by atoms with Crippen LogP contribution in [0, 0.1) is 17.5 Å². The topological polar surface area (TPSA) is 37.4 Å². The van der Waals surface area contributed by atoms with Crippen molar-refractivity contribution in [2.24, 2.45) is 0 Å². The van der Waals surface area contributed by atoms with E-state index < -0.39 is 26.6 Å². The second-order valence-electron chi connectivity index (χ2n) is 5.68. The lowest BCUT2D eigenvalue weighted by atomic mass is 10.1. The van der Waals surface area contributed by atoms with E-state index in [0.717, 1.165) is 12.1 Å². The van der Waals surface area contributed by atoms with Gasteiger partial charge in [-0.2, -0.15) is 16.1 Å². The van der Waals surface area contributed by atoms with Crippen molar-refractivity contribution in [3.8, 4) is 0 Å². The van der Waals surface area contributed by atoms with Crippen molar-refractivity contribution in [1.82, 2.24) is 4.31 Å². The molecule has 1 unspecified atom stereocenters. The number of sulfonamides is 1. The minimum Gasteiger partial charge on any atom is -0.207 e. The third-order valence-corrected chi connectivity index (χ3v) is 7.21. The van der Waals surface area contributed by atoms with Crippen molar-refractivity contribution >= 4 is 21.8 Å². The van der Waals surface area contributed by atoms with E-state index in [1.165, 1.54) is 22.1 Å². The highest BCUT2D eigenvalue weighted by Crippen LogP contribution is 2.36. The molecule has 1 fully saturated rings. The fourth-order valence-electron chi connectivity index (χ4n) is 2.80. The molecule has 3 rings (SSSR count). The van der Waals surface area contributed by atoms with E-state index in [2.05, 4.69) is 0 Å². The summed E-state index contributed by atoms with van der Waals surface area (Å²) in [6, 6.07) is 8.67. The Morgan fingerprint density at radius 3 is 2.36 bits per heavy atom. The molecular formula is C17H16F3NO2S2. The van der Waals surface area contributed by atoms with Gasteiger partial charge in [-0.15, -0.1) is 0 Å². The molecule has 25 heavy (non-hydrogen) atoms. The first-order valence-corrected chi connectivity index (χ1v) is 10.2. The molecule has 0 saturated carbocycles. The van der Waals surface area contributed by atoms with Gasteiger partial charge in [-0.05, 0) is 24.6 Å². The van der Waals surface area contributed by atoms with E-state index >= 15 is 0 Å². The van der Waals surface area contributed by atoms with Crippen molar-refractivity contribution in [2.45, 2.75) is 16.6 Å². The standard InChI is InChI=1S/C17H16F3NO2S2/c18-12-9-13(19)11-14(10-12)25(22,23)21-6-5-17(24-8-7-21)15-3-1-2-4-16(15)20/h1-4,9-11,17H,5-8H2. The third kappa shape index (κ3) is 4.02. The molecule has 0 spiro atoms. The minimum atomic E-state index is -4.00. The Labute approximate surface area is 148 Å². The Morgan fingerprint density at radius 1 is 1.00 bits per heavy atom. The first-order chi connectivity index (χ1) is 11.9. The average molecular weight is 387 g/mol. The SMILES string of the molecule is O=S(=O)(c1cc(F)cc(F)c1)N1CCSC(c2ccccc2F)CC1. The highest BCUT2D eigenvalue weighted by Gasteiger charge is 2.29. The zero-order valence-corrected chi connectivity index (χ0v) is 14.8. The van der Waals surface area contributed by atoms with Gasteiger partial charge in [0.1, 0.15) is 17.5 Å². The van der Waals surface area contributed by atoms with Crippen LogP contribution in [0.15, 0.2) is 47.4 Å². The number of thioether (sulfide) groups is 1. The Kier molecular flexibility index (Phi) is 5.41. The maximum atomic E-state index is 14.0. The molecule has 8 heteroatoms. The van der Waals surface area contributed by atoms with Crippen LogP contribution < -0.4 is 0 Å². The first kappa shape index (κ1) is 18.3. The van der Waals surface area contributed by atoms with Gasteiger partial charge in [-0.3, -0.25) is 0 Å². The second kappa shape index (κ2) is 7.39. The van der Waals surface area contributed by atoms with Crippen LogP contribution in [0.3, 0.4) is 0 Å². The summed E-state index contributed by atoms with van der Waals surface area (Å²) >= 11 is 1.48. The van der Waals surface area contributed by atoms with Crippen molar-refractivity contribution in [1.29, 1.82) is 0 Å². The van der Waals surface area contributed by atoms with Crippen molar-refractivity contribution in [3.05, 3.63) is 65.5 Å². The molecule has 0 amide bonds. The molecule has 2 aromatic rings. The summed E-state index contributed by atoms with van der Waals surface area (Å²) in [5.41, 5.74) is 0.545. The van der Waals surface area contributed by atoms with Crippen molar-refractivity contribution in [3.63, 3.8) is 0 Å². The van der Waals surface area contributed by atoms with Crippen LogP contribution in [0.5, 0.6) is 0 Å². The zero-order chi connectivity index (χ0) is 18.0. The van der Waals surface area contributed by atoms with Crippen LogP contribution >= 0.6 is 11.8 Å². The molecule has 1 atom stereocenters. The van der Waals surface area contributed by atoms with E-state index in [4.69, 9.17) is 0 Å². The number of hydrogen-bond acceptors (Lipinski definition) is 3. The van der Waals surface area contributed by atoms with Gasteiger partial charge in [0.25, 0.3) is 0 Å². The third-order valence-electron chi connectivity index (χ3n) is 4.03. The van der Waals surface area contributed by atoms with Gasteiger partial charge in [0.2, 0.25) is 10.0 Å². The van der Waals surface area contributed by atoms with Crippen LogP contribution in [0.4, 0.5) is 13.2 Å². The fraction of sp³-hybridized carbons (Fsp3) is 0.294. The minimum absolute atomic E-state index is 0.159. The van der Waals surface area contributed by atoms with E-state index in [1.807, 2.05) is 0 Å². The molecule has 1 aliphatic heterocycles. The lowest BCUT2D eigenvalue weighted by molar-refractivity contribution is 0.425. The summed E-state index contributed by atoms with van der Waals surface area (Å²) in [6.45, 7) is 0.364. The average Bonchev–Trinajstić information content (AvgIpc) is 2.81. The Morgan fingerprint density at radius 2 is 1.68 bits per heavy atom. The summed E-state index contributed by atoms with van der Waals surface area (Å²) in [5, 5.41) is -0.161. The van der Waals surface area contributed by atoms with Gasteiger partial charge in [-0.1, -0.05) is 18.2 Å². The predicted molar refractivity (Wildman–Crippen MR) is 91.3 cm³/mol. The molecule has 0 N–H and O–H groups in total. The van der Waals surface area contributed by atoms with Crippen LogP contribution in [-0.4, -0.2) is 31.6 Å².